The predicted octanol–water partition coefficient (Wildman–Crippen LogP) is 1.82. The summed E-state index contributed by atoms with van der Waals surface area (Å²) >= 11 is 0. The third-order valence-corrected chi connectivity index (χ3v) is 2.80. The Kier molecular flexibility index (Phi) is 3.61. The molecule has 1 amide bonds. The van der Waals surface area contributed by atoms with Gasteiger partial charge in [-0.2, -0.15) is 5.26 Å². The maximum atomic E-state index is 11.5. The van der Waals surface area contributed by atoms with Gasteiger partial charge in [-0.1, -0.05) is 30.3 Å². The summed E-state index contributed by atoms with van der Waals surface area (Å²) in [6.07, 6.45) is 0.473. The zero-order valence-corrected chi connectivity index (χ0v) is 9.50. The average molecular weight is 230 g/mol. The molecule has 1 heterocycles. The van der Waals surface area contributed by atoms with Crippen molar-refractivity contribution in [2.45, 2.75) is 6.42 Å². The minimum absolute atomic E-state index is 0.205. The Morgan fingerprint density at radius 2 is 2.18 bits per heavy atom. The average Bonchev–Trinajstić information content (AvgIpc) is 2.39. The van der Waals surface area contributed by atoms with Crippen LogP contribution in [0.25, 0.3) is 0 Å². The van der Waals surface area contributed by atoms with Gasteiger partial charge in [-0.25, -0.2) is 4.79 Å². The first-order chi connectivity index (χ1) is 8.29. The molecule has 0 spiro atoms. The Morgan fingerprint density at radius 1 is 1.41 bits per heavy atom. The van der Waals surface area contributed by atoms with Gasteiger partial charge in [0.05, 0.1) is 12.0 Å². The van der Waals surface area contributed by atoms with E-state index < -0.39 is 0 Å². The summed E-state index contributed by atoms with van der Waals surface area (Å²) < 4.78 is 4.95. The summed E-state index contributed by atoms with van der Waals surface area (Å²) in [5.41, 5.74) is 1.18. The monoisotopic (exact) mass is 230 g/mol. The van der Waals surface area contributed by atoms with Crippen molar-refractivity contribution >= 4 is 6.09 Å². The topological polar surface area (TPSA) is 53.3 Å². The Balaban J connectivity index is 1.90. The zero-order chi connectivity index (χ0) is 12.1. The van der Waals surface area contributed by atoms with E-state index in [1.165, 1.54) is 5.56 Å². The molecule has 1 unspecified atom stereocenters. The van der Waals surface area contributed by atoms with Crippen LogP contribution in [0.5, 0.6) is 0 Å². The van der Waals surface area contributed by atoms with Crippen LogP contribution in [-0.4, -0.2) is 30.7 Å². The largest absolute Gasteiger partial charge is 0.448 e. The summed E-state index contributed by atoms with van der Waals surface area (Å²) in [7, 11) is 0. The molecule has 0 saturated carbocycles. The first-order valence-electron chi connectivity index (χ1n) is 5.65. The van der Waals surface area contributed by atoms with E-state index in [9.17, 15) is 4.79 Å². The van der Waals surface area contributed by atoms with Crippen molar-refractivity contribution in [2.75, 3.05) is 19.7 Å². The first-order valence-corrected chi connectivity index (χ1v) is 5.65. The van der Waals surface area contributed by atoms with Crippen LogP contribution in [0, 0.1) is 17.2 Å². The van der Waals surface area contributed by atoms with Crippen molar-refractivity contribution in [3.05, 3.63) is 35.9 Å². The van der Waals surface area contributed by atoms with Crippen molar-refractivity contribution in [3.63, 3.8) is 0 Å². The van der Waals surface area contributed by atoms with E-state index in [1.807, 2.05) is 30.3 Å². The molecule has 1 aromatic carbocycles. The number of amides is 1. The van der Waals surface area contributed by atoms with Crippen LogP contribution < -0.4 is 0 Å². The number of carbonyl (C=O) groups excluding carboxylic acids is 1. The maximum Gasteiger partial charge on any atom is 0.409 e. The lowest BCUT2D eigenvalue weighted by Crippen LogP contribution is -2.43. The molecule has 1 saturated heterocycles. The van der Waals surface area contributed by atoms with Gasteiger partial charge < -0.3 is 9.64 Å². The molecular weight excluding hydrogens is 216 g/mol. The van der Waals surface area contributed by atoms with E-state index in [4.69, 9.17) is 10.00 Å². The molecule has 0 bridgehead atoms. The molecule has 0 N–H and O–H groups in total. The molecule has 17 heavy (non-hydrogen) atoms. The highest BCUT2D eigenvalue weighted by Gasteiger charge is 2.26. The predicted molar refractivity (Wildman–Crippen MR) is 62.2 cm³/mol. The van der Waals surface area contributed by atoms with Crippen LogP contribution in [0.4, 0.5) is 4.79 Å². The second-order valence-corrected chi connectivity index (χ2v) is 4.08. The smallest absolute Gasteiger partial charge is 0.409 e. The highest BCUT2D eigenvalue weighted by atomic mass is 16.6. The third-order valence-electron chi connectivity index (χ3n) is 2.80. The zero-order valence-electron chi connectivity index (χ0n) is 9.50. The molecule has 0 aliphatic carbocycles. The third kappa shape index (κ3) is 2.97. The molecule has 0 aromatic heterocycles. The molecule has 4 nitrogen and oxygen atoms in total. The van der Waals surface area contributed by atoms with E-state index >= 15 is 0 Å². The summed E-state index contributed by atoms with van der Waals surface area (Å²) in [5, 5.41) is 8.81. The summed E-state index contributed by atoms with van der Waals surface area (Å²) in [6.45, 7) is 1.29. The molecule has 1 aliphatic heterocycles. The van der Waals surface area contributed by atoms with E-state index in [0.29, 0.717) is 13.1 Å². The number of hydrogen-bond donors (Lipinski definition) is 0. The fraction of sp³-hybridized carbons (Fsp3) is 0.385. The summed E-state index contributed by atoms with van der Waals surface area (Å²) in [5.74, 6) is -0.205. The van der Waals surface area contributed by atoms with Crippen molar-refractivity contribution in [3.8, 4) is 6.07 Å². The normalized spacial score (nSPS) is 19.6. The molecule has 1 atom stereocenters. The van der Waals surface area contributed by atoms with Crippen molar-refractivity contribution in [1.82, 2.24) is 4.90 Å². The summed E-state index contributed by atoms with van der Waals surface area (Å²) in [4.78, 5) is 13.1. The molecule has 2 rings (SSSR count). The number of nitriles is 1. The SMILES string of the molecule is N#CC1COC(=O)N(CCc2ccccc2)C1. The van der Waals surface area contributed by atoms with Gasteiger partial charge >= 0.3 is 6.09 Å². The second-order valence-electron chi connectivity index (χ2n) is 4.08. The number of benzene rings is 1. The second kappa shape index (κ2) is 5.35. The molecular formula is C13H14N2O2. The lowest BCUT2D eigenvalue weighted by molar-refractivity contribution is 0.0571. The molecule has 1 aromatic rings. The highest BCUT2D eigenvalue weighted by Crippen LogP contribution is 2.11. The van der Waals surface area contributed by atoms with Crippen LogP contribution in [0.1, 0.15) is 5.56 Å². The Bertz CT molecular complexity index is 425. The van der Waals surface area contributed by atoms with Gasteiger partial charge in [-0.05, 0) is 12.0 Å². The van der Waals surface area contributed by atoms with Crippen LogP contribution >= 0.6 is 0 Å². The quantitative estimate of drug-likeness (QED) is 0.795. The molecule has 88 valence electrons. The Morgan fingerprint density at radius 3 is 2.88 bits per heavy atom. The lowest BCUT2D eigenvalue weighted by Gasteiger charge is -2.29. The van der Waals surface area contributed by atoms with Crippen LogP contribution in [-0.2, 0) is 11.2 Å². The van der Waals surface area contributed by atoms with Crippen molar-refractivity contribution in [1.29, 1.82) is 5.26 Å². The van der Waals surface area contributed by atoms with E-state index in [-0.39, 0.29) is 18.6 Å². The van der Waals surface area contributed by atoms with Crippen molar-refractivity contribution < 1.29 is 9.53 Å². The van der Waals surface area contributed by atoms with E-state index in [1.54, 1.807) is 4.90 Å². The number of cyclic esters (lactones) is 1. The number of rotatable bonds is 3. The fourth-order valence-electron chi connectivity index (χ4n) is 1.83. The van der Waals surface area contributed by atoms with E-state index in [2.05, 4.69) is 6.07 Å². The summed E-state index contributed by atoms with van der Waals surface area (Å²) in [6, 6.07) is 12.1. The molecule has 1 fully saturated rings. The minimum Gasteiger partial charge on any atom is -0.448 e. The van der Waals surface area contributed by atoms with Gasteiger partial charge in [0.15, 0.2) is 0 Å². The standard InChI is InChI=1S/C13H14N2O2/c14-8-12-9-15(13(16)17-10-12)7-6-11-4-2-1-3-5-11/h1-5,12H,6-7,9-10H2. The first kappa shape index (κ1) is 11.5. The van der Waals surface area contributed by atoms with Gasteiger partial charge in [-0.15, -0.1) is 0 Å². The number of carbonyl (C=O) groups is 1. The number of nitrogens with zero attached hydrogens (tertiary/aromatic N) is 2. The van der Waals surface area contributed by atoms with Crippen LogP contribution in [0.2, 0.25) is 0 Å². The Labute approximate surface area is 100 Å². The number of ether oxygens (including phenoxy) is 1. The fourth-order valence-corrected chi connectivity index (χ4v) is 1.83. The minimum atomic E-state index is -0.313. The molecule has 1 aliphatic rings. The highest BCUT2D eigenvalue weighted by molar-refractivity contribution is 5.68. The Hall–Kier alpha value is -2.02. The number of hydrogen-bond acceptors (Lipinski definition) is 3. The van der Waals surface area contributed by atoms with Gasteiger partial charge in [0, 0.05) is 13.1 Å². The van der Waals surface area contributed by atoms with E-state index in [0.717, 1.165) is 6.42 Å². The molecule has 4 heteroatoms. The lowest BCUT2D eigenvalue weighted by atomic mass is 10.1. The molecule has 0 radical (unpaired) electrons. The van der Waals surface area contributed by atoms with Crippen molar-refractivity contribution in [2.24, 2.45) is 5.92 Å². The van der Waals surface area contributed by atoms with Gasteiger partial charge in [0.2, 0.25) is 0 Å². The maximum absolute atomic E-state index is 11.5. The van der Waals surface area contributed by atoms with Crippen LogP contribution in [0.15, 0.2) is 30.3 Å². The van der Waals surface area contributed by atoms with Gasteiger partial charge in [0.25, 0.3) is 0 Å². The van der Waals surface area contributed by atoms with Gasteiger partial charge in [-0.3, -0.25) is 0 Å². The van der Waals surface area contributed by atoms with Crippen LogP contribution in [0.3, 0.4) is 0 Å². The van der Waals surface area contributed by atoms with Gasteiger partial charge in [0.1, 0.15) is 6.61 Å².